The van der Waals surface area contributed by atoms with Gasteiger partial charge in [-0.2, -0.15) is 0 Å². The zero-order valence-electron chi connectivity index (χ0n) is 26.6. The van der Waals surface area contributed by atoms with Crippen molar-refractivity contribution in [3.8, 4) is 5.75 Å². The number of anilines is 1. The fourth-order valence-corrected chi connectivity index (χ4v) is 9.98. The number of benzene rings is 1. The number of unbranched alkanes of at least 4 members (excludes halogenated alkanes) is 2. The Balaban J connectivity index is 0.971. The summed E-state index contributed by atoms with van der Waals surface area (Å²) in [6.07, 6.45) is 16.7. The lowest BCUT2D eigenvalue weighted by Gasteiger charge is -2.60. The molecular weight excluding hydrogens is 538 g/mol. The van der Waals surface area contributed by atoms with Gasteiger partial charge in [-0.15, -0.1) is 0 Å². The molecule has 1 N–H and O–H groups in total. The SMILES string of the molecule is C=C1C=C(CCCCCO[C@H]2CC[C@H]3[C@@H]4CC[C@H]5CC(=O)CC[C@]5(C)[C@H]4CC[C@]23C)c2ccc(NC(=O)OCC)cc2O1. The van der Waals surface area contributed by atoms with Crippen LogP contribution in [0.4, 0.5) is 10.5 Å². The summed E-state index contributed by atoms with van der Waals surface area (Å²) in [5.41, 5.74) is 3.62. The largest absolute Gasteiger partial charge is 0.457 e. The van der Waals surface area contributed by atoms with Gasteiger partial charge in [0.25, 0.3) is 0 Å². The van der Waals surface area contributed by atoms with Gasteiger partial charge in [0.15, 0.2) is 0 Å². The molecular formula is C37H51NO5. The molecule has 1 amide bonds. The molecule has 0 radical (unpaired) electrons. The third-order valence-electron chi connectivity index (χ3n) is 12.2. The Morgan fingerprint density at radius 2 is 1.88 bits per heavy atom. The first kappa shape index (κ1) is 30.4. The van der Waals surface area contributed by atoms with Gasteiger partial charge >= 0.3 is 6.09 Å². The first-order valence-electron chi connectivity index (χ1n) is 17.0. The quantitative estimate of drug-likeness (QED) is 0.291. The number of Topliss-reactive ketones (excluding diaryl/α,β-unsaturated/α-hetero) is 1. The minimum Gasteiger partial charge on any atom is -0.457 e. The van der Waals surface area contributed by atoms with Crippen LogP contribution >= 0.6 is 0 Å². The van der Waals surface area contributed by atoms with Gasteiger partial charge in [-0.1, -0.05) is 26.8 Å². The van der Waals surface area contributed by atoms with Gasteiger partial charge in [0, 0.05) is 36.8 Å². The second-order valence-corrected chi connectivity index (χ2v) is 14.5. The topological polar surface area (TPSA) is 73.9 Å². The molecule has 0 spiro atoms. The number of allylic oxidation sites excluding steroid dienone is 2. The van der Waals surface area contributed by atoms with Crippen LogP contribution in [0.1, 0.15) is 110 Å². The Labute approximate surface area is 258 Å². The van der Waals surface area contributed by atoms with Crippen molar-refractivity contribution < 1.29 is 23.8 Å². The van der Waals surface area contributed by atoms with E-state index in [4.69, 9.17) is 14.2 Å². The van der Waals surface area contributed by atoms with E-state index in [9.17, 15) is 9.59 Å². The monoisotopic (exact) mass is 589 g/mol. The minimum atomic E-state index is -0.468. The highest BCUT2D eigenvalue weighted by molar-refractivity contribution is 5.86. The highest BCUT2D eigenvalue weighted by atomic mass is 16.5. The number of hydrogen-bond donors (Lipinski definition) is 1. The lowest BCUT2D eigenvalue weighted by Crippen LogP contribution is -2.54. The van der Waals surface area contributed by atoms with E-state index in [0.717, 1.165) is 80.6 Å². The van der Waals surface area contributed by atoms with E-state index >= 15 is 0 Å². The highest BCUT2D eigenvalue weighted by Gasteiger charge is 2.60. The molecule has 7 atom stereocenters. The van der Waals surface area contributed by atoms with E-state index in [-0.39, 0.29) is 0 Å². The predicted octanol–water partition coefficient (Wildman–Crippen LogP) is 9.10. The zero-order valence-corrected chi connectivity index (χ0v) is 26.6. The van der Waals surface area contributed by atoms with Crippen molar-refractivity contribution >= 4 is 23.1 Å². The van der Waals surface area contributed by atoms with Crippen molar-refractivity contribution in [2.45, 2.75) is 110 Å². The standard InChI is InChI=1S/C37H51NO5/c1-5-41-35(40)38-27-11-13-29-25(21-24(2)43-33(29)23-27)9-7-6-8-20-42-34-15-14-31-30-12-10-26-22-28(39)16-18-36(26,3)32(30)17-19-37(31,34)4/h11,13,21,23,26,30-32,34H,2,5-10,12,14-20,22H2,1,3-4H3,(H,38,40)/t26-,30-,31-,32-,34-,36-,37-/m0/s1. The van der Waals surface area contributed by atoms with E-state index in [2.05, 4.69) is 25.7 Å². The van der Waals surface area contributed by atoms with Crippen LogP contribution in [0.25, 0.3) is 5.57 Å². The fourth-order valence-electron chi connectivity index (χ4n) is 9.98. The van der Waals surface area contributed by atoms with Crippen LogP contribution in [-0.4, -0.2) is 31.2 Å². The molecule has 6 heteroatoms. The molecule has 4 fully saturated rings. The number of carbonyl (C=O) groups excluding carboxylic acids is 2. The maximum absolute atomic E-state index is 12.2. The Hall–Kier alpha value is -2.60. The third kappa shape index (κ3) is 5.93. The van der Waals surface area contributed by atoms with E-state index in [1.54, 1.807) is 6.92 Å². The van der Waals surface area contributed by atoms with E-state index in [0.29, 0.717) is 46.7 Å². The molecule has 1 aromatic carbocycles. The van der Waals surface area contributed by atoms with Crippen LogP contribution in [0.2, 0.25) is 0 Å². The maximum atomic E-state index is 12.2. The second kappa shape index (κ2) is 12.4. The molecule has 1 aliphatic heterocycles. The molecule has 4 aliphatic carbocycles. The molecule has 4 saturated carbocycles. The highest BCUT2D eigenvalue weighted by Crippen LogP contribution is 2.66. The summed E-state index contributed by atoms with van der Waals surface area (Å²) in [4.78, 5) is 24.0. The van der Waals surface area contributed by atoms with Crippen molar-refractivity contribution in [3.63, 3.8) is 0 Å². The summed E-state index contributed by atoms with van der Waals surface area (Å²) in [5.74, 6) is 4.89. The van der Waals surface area contributed by atoms with Gasteiger partial charge < -0.3 is 14.2 Å². The number of ether oxygens (including phenoxy) is 3. The first-order valence-corrected chi connectivity index (χ1v) is 17.0. The molecule has 6 rings (SSSR count). The summed E-state index contributed by atoms with van der Waals surface area (Å²) in [6, 6.07) is 5.73. The Kier molecular flexibility index (Phi) is 8.79. The third-order valence-corrected chi connectivity index (χ3v) is 12.2. The Bertz CT molecular complexity index is 1270. The molecule has 6 nitrogen and oxygen atoms in total. The van der Waals surface area contributed by atoms with Crippen molar-refractivity contribution in [1.82, 2.24) is 0 Å². The Morgan fingerprint density at radius 1 is 1.05 bits per heavy atom. The molecule has 1 aromatic rings. The number of ketones is 1. The number of amides is 1. The lowest BCUT2D eigenvalue weighted by molar-refractivity contribution is -0.145. The van der Waals surface area contributed by atoms with Crippen molar-refractivity contribution in [1.29, 1.82) is 0 Å². The van der Waals surface area contributed by atoms with Crippen LogP contribution in [0.15, 0.2) is 36.6 Å². The van der Waals surface area contributed by atoms with Gasteiger partial charge in [-0.3, -0.25) is 10.1 Å². The smallest absolute Gasteiger partial charge is 0.411 e. The number of hydrogen-bond acceptors (Lipinski definition) is 5. The van der Waals surface area contributed by atoms with Crippen molar-refractivity contribution in [2.24, 2.45) is 34.5 Å². The van der Waals surface area contributed by atoms with Crippen LogP contribution in [0.3, 0.4) is 0 Å². The van der Waals surface area contributed by atoms with Crippen molar-refractivity contribution in [2.75, 3.05) is 18.5 Å². The predicted molar refractivity (Wildman–Crippen MR) is 170 cm³/mol. The zero-order chi connectivity index (χ0) is 30.2. The molecule has 0 unspecified atom stereocenters. The number of nitrogens with one attached hydrogen (secondary N) is 1. The maximum Gasteiger partial charge on any atom is 0.411 e. The van der Waals surface area contributed by atoms with Crippen LogP contribution in [0, 0.1) is 34.5 Å². The summed E-state index contributed by atoms with van der Waals surface area (Å²) >= 11 is 0. The second-order valence-electron chi connectivity index (χ2n) is 14.5. The van der Waals surface area contributed by atoms with E-state index in [1.807, 2.05) is 24.3 Å². The molecule has 0 bridgehead atoms. The average Bonchev–Trinajstić information content (AvgIpc) is 3.31. The van der Waals surface area contributed by atoms with E-state index < -0.39 is 6.09 Å². The van der Waals surface area contributed by atoms with Gasteiger partial charge in [-0.25, -0.2) is 4.79 Å². The summed E-state index contributed by atoms with van der Waals surface area (Å²) in [5, 5.41) is 2.74. The molecule has 234 valence electrons. The van der Waals surface area contributed by atoms with Gasteiger partial charge in [-0.05, 0) is 129 Å². The van der Waals surface area contributed by atoms with Crippen LogP contribution in [-0.2, 0) is 14.3 Å². The number of carbonyl (C=O) groups is 2. The average molecular weight is 590 g/mol. The molecule has 43 heavy (non-hydrogen) atoms. The Morgan fingerprint density at radius 3 is 2.72 bits per heavy atom. The van der Waals surface area contributed by atoms with Gasteiger partial charge in [0.2, 0.25) is 0 Å². The van der Waals surface area contributed by atoms with Crippen LogP contribution in [0.5, 0.6) is 5.75 Å². The summed E-state index contributed by atoms with van der Waals surface area (Å²) < 4.78 is 17.5. The van der Waals surface area contributed by atoms with Gasteiger partial charge in [0.1, 0.15) is 17.3 Å². The first-order chi connectivity index (χ1) is 20.7. The number of rotatable bonds is 9. The molecule has 5 aliphatic rings. The van der Waals surface area contributed by atoms with Gasteiger partial charge in [0.05, 0.1) is 12.7 Å². The van der Waals surface area contributed by atoms with E-state index in [1.165, 1.54) is 44.1 Å². The molecule has 0 saturated heterocycles. The molecule has 0 aromatic heterocycles. The van der Waals surface area contributed by atoms with Crippen LogP contribution < -0.4 is 10.1 Å². The van der Waals surface area contributed by atoms with Crippen molar-refractivity contribution in [3.05, 3.63) is 42.2 Å². The minimum absolute atomic E-state index is 0.312. The number of fused-ring (bicyclic) bond motifs is 6. The summed E-state index contributed by atoms with van der Waals surface area (Å²) in [7, 11) is 0. The normalized spacial score (nSPS) is 34.7. The molecule has 1 heterocycles. The summed E-state index contributed by atoms with van der Waals surface area (Å²) in [6.45, 7) is 12.1. The fraction of sp³-hybridized carbons (Fsp3) is 0.676. The lowest BCUT2D eigenvalue weighted by atomic mass is 9.45.